The minimum absolute atomic E-state index is 0.0992. The normalized spacial score (nSPS) is 16.5. The second-order valence-corrected chi connectivity index (χ2v) is 9.52. The molecular formula is C23H29N3O7S. The number of ether oxygens (including phenoxy) is 3. The Morgan fingerprint density at radius 2 is 1.76 bits per heavy atom. The van der Waals surface area contributed by atoms with Crippen molar-refractivity contribution in [1.82, 2.24) is 14.9 Å². The standard InChI is InChI=1S/C23H29N3O7S/c1-16-13-18(9-10-19(16)31-2)34(29,30)26-11-6-12-33-21(26)15-25-23(28)22(27)24-14-17-7-4-5-8-20(17)32-3/h4-5,7-10,13,21H,6,11-12,14-15H2,1-3H3,(H,24,27)(H,25,28)/t21-/m1/s1. The van der Waals surface area contributed by atoms with Crippen molar-refractivity contribution < 1.29 is 32.2 Å². The van der Waals surface area contributed by atoms with Crippen LogP contribution in [0.3, 0.4) is 0 Å². The molecule has 1 aliphatic heterocycles. The lowest BCUT2D eigenvalue weighted by molar-refractivity contribution is -0.140. The first-order chi connectivity index (χ1) is 16.3. The van der Waals surface area contributed by atoms with Crippen molar-refractivity contribution in [2.75, 3.05) is 33.9 Å². The molecule has 1 aliphatic rings. The highest BCUT2D eigenvalue weighted by Crippen LogP contribution is 2.26. The molecule has 1 fully saturated rings. The maximum Gasteiger partial charge on any atom is 0.309 e. The number of nitrogens with zero attached hydrogens (tertiary/aromatic N) is 1. The second kappa shape index (κ2) is 11.3. The predicted octanol–water partition coefficient (Wildman–Crippen LogP) is 1.18. The third-order valence-corrected chi connectivity index (χ3v) is 7.29. The molecule has 3 rings (SSSR count). The van der Waals surface area contributed by atoms with E-state index in [9.17, 15) is 18.0 Å². The summed E-state index contributed by atoms with van der Waals surface area (Å²) in [4.78, 5) is 24.6. The van der Waals surface area contributed by atoms with E-state index in [4.69, 9.17) is 14.2 Å². The van der Waals surface area contributed by atoms with Crippen LogP contribution in [0.1, 0.15) is 17.5 Å². The van der Waals surface area contributed by atoms with Crippen molar-refractivity contribution >= 4 is 21.8 Å². The van der Waals surface area contributed by atoms with Gasteiger partial charge in [-0.25, -0.2) is 8.42 Å². The summed E-state index contributed by atoms with van der Waals surface area (Å²) >= 11 is 0. The van der Waals surface area contributed by atoms with E-state index in [2.05, 4.69) is 10.6 Å². The molecule has 0 aliphatic carbocycles. The third kappa shape index (κ3) is 5.85. The number of carbonyl (C=O) groups is 2. The monoisotopic (exact) mass is 491 g/mol. The summed E-state index contributed by atoms with van der Waals surface area (Å²) < 4.78 is 43.7. The zero-order valence-electron chi connectivity index (χ0n) is 19.4. The van der Waals surface area contributed by atoms with E-state index < -0.39 is 28.1 Å². The highest BCUT2D eigenvalue weighted by Gasteiger charge is 2.35. The lowest BCUT2D eigenvalue weighted by Crippen LogP contribution is -2.53. The summed E-state index contributed by atoms with van der Waals surface area (Å²) in [7, 11) is -0.861. The molecule has 10 nitrogen and oxygen atoms in total. The smallest absolute Gasteiger partial charge is 0.309 e. The van der Waals surface area contributed by atoms with Crippen LogP contribution in [-0.4, -0.2) is 64.7 Å². The molecule has 184 valence electrons. The van der Waals surface area contributed by atoms with Crippen LogP contribution in [-0.2, 0) is 30.9 Å². The molecule has 0 radical (unpaired) electrons. The van der Waals surface area contributed by atoms with Crippen LogP contribution in [0.25, 0.3) is 0 Å². The number of benzene rings is 2. The highest BCUT2D eigenvalue weighted by atomic mass is 32.2. The van der Waals surface area contributed by atoms with E-state index in [1.54, 1.807) is 37.3 Å². The fourth-order valence-corrected chi connectivity index (χ4v) is 5.27. The molecule has 1 saturated heterocycles. The number of methoxy groups -OCH3 is 2. The van der Waals surface area contributed by atoms with Gasteiger partial charge in [-0.2, -0.15) is 4.31 Å². The van der Waals surface area contributed by atoms with Crippen LogP contribution in [0.4, 0.5) is 0 Å². The molecule has 1 atom stereocenters. The fraction of sp³-hybridized carbons (Fsp3) is 0.391. The van der Waals surface area contributed by atoms with Gasteiger partial charge in [0.15, 0.2) is 0 Å². The average Bonchev–Trinajstić information content (AvgIpc) is 2.85. The SMILES string of the molecule is COc1ccc(S(=O)(=O)N2CCCO[C@@H]2CNC(=O)C(=O)NCc2ccccc2OC)cc1C. The van der Waals surface area contributed by atoms with Gasteiger partial charge in [0.25, 0.3) is 0 Å². The van der Waals surface area contributed by atoms with Gasteiger partial charge in [-0.3, -0.25) is 9.59 Å². The Hall–Kier alpha value is -3.15. The Morgan fingerprint density at radius 3 is 2.47 bits per heavy atom. The molecule has 2 aromatic rings. The lowest BCUT2D eigenvalue weighted by atomic mass is 10.2. The van der Waals surface area contributed by atoms with E-state index in [1.165, 1.54) is 30.7 Å². The minimum Gasteiger partial charge on any atom is -0.496 e. The highest BCUT2D eigenvalue weighted by molar-refractivity contribution is 7.89. The number of aryl methyl sites for hydroxylation is 1. The van der Waals surface area contributed by atoms with Crippen LogP contribution < -0.4 is 20.1 Å². The quantitative estimate of drug-likeness (QED) is 0.532. The van der Waals surface area contributed by atoms with Gasteiger partial charge < -0.3 is 24.8 Å². The van der Waals surface area contributed by atoms with Crippen LogP contribution in [0.5, 0.6) is 11.5 Å². The maximum absolute atomic E-state index is 13.2. The maximum atomic E-state index is 13.2. The zero-order valence-corrected chi connectivity index (χ0v) is 20.2. The molecule has 0 aromatic heterocycles. The number of rotatable bonds is 8. The molecule has 2 aromatic carbocycles. The van der Waals surface area contributed by atoms with E-state index in [0.717, 1.165) is 0 Å². The number of hydrogen-bond donors (Lipinski definition) is 2. The third-order valence-electron chi connectivity index (χ3n) is 5.40. The Bertz CT molecular complexity index is 1140. The first-order valence-corrected chi connectivity index (χ1v) is 12.2. The van der Waals surface area contributed by atoms with Crippen LogP contribution in [0, 0.1) is 6.92 Å². The molecule has 0 saturated carbocycles. The summed E-state index contributed by atoms with van der Waals surface area (Å²) in [6.07, 6.45) is -0.426. The molecule has 0 bridgehead atoms. The number of sulfonamides is 1. The molecule has 2 amide bonds. The summed E-state index contributed by atoms with van der Waals surface area (Å²) in [5.41, 5.74) is 1.40. The van der Waals surface area contributed by atoms with Crippen molar-refractivity contribution in [3.8, 4) is 11.5 Å². The first kappa shape index (κ1) is 25.5. The number of nitrogens with one attached hydrogen (secondary N) is 2. The molecule has 1 heterocycles. The average molecular weight is 492 g/mol. The van der Waals surface area contributed by atoms with Crippen molar-refractivity contribution in [1.29, 1.82) is 0 Å². The lowest BCUT2D eigenvalue weighted by Gasteiger charge is -2.34. The van der Waals surface area contributed by atoms with Gasteiger partial charge in [-0.1, -0.05) is 18.2 Å². The van der Waals surface area contributed by atoms with Crippen LogP contribution >= 0.6 is 0 Å². The number of para-hydroxylation sites is 1. The predicted molar refractivity (Wildman–Crippen MR) is 124 cm³/mol. The van der Waals surface area contributed by atoms with Gasteiger partial charge in [0.1, 0.15) is 17.7 Å². The van der Waals surface area contributed by atoms with Crippen molar-refractivity contribution in [2.24, 2.45) is 0 Å². The van der Waals surface area contributed by atoms with E-state index in [1.807, 2.05) is 0 Å². The van der Waals surface area contributed by atoms with Gasteiger partial charge in [-0.15, -0.1) is 0 Å². The van der Waals surface area contributed by atoms with E-state index in [-0.39, 0.29) is 24.5 Å². The summed E-state index contributed by atoms with van der Waals surface area (Å²) in [6, 6.07) is 11.7. The minimum atomic E-state index is -3.89. The number of amides is 2. The molecule has 34 heavy (non-hydrogen) atoms. The molecule has 0 spiro atoms. The molecule has 11 heteroatoms. The van der Waals surface area contributed by atoms with Crippen molar-refractivity contribution in [3.63, 3.8) is 0 Å². The second-order valence-electron chi connectivity index (χ2n) is 7.63. The van der Waals surface area contributed by atoms with Crippen molar-refractivity contribution in [3.05, 3.63) is 53.6 Å². The van der Waals surface area contributed by atoms with Gasteiger partial charge in [0.2, 0.25) is 10.0 Å². The zero-order chi connectivity index (χ0) is 24.7. The molecule has 2 N–H and O–H groups in total. The largest absolute Gasteiger partial charge is 0.496 e. The Kier molecular flexibility index (Phi) is 8.48. The van der Waals surface area contributed by atoms with Gasteiger partial charge in [0, 0.05) is 18.7 Å². The Morgan fingerprint density at radius 1 is 1.06 bits per heavy atom. The van der Waals surface area contributed by atoms with Gasteiger partial charge in [-0.05, 0) is 43.2 Å². The van der Waals surface area contributed by atoms with Crippen LogP contribution in [0.2, 0.25) is 0 Å². The van der Waals surface area contributed by atoms with Crippen molar-refractivity contribution in [2.45, 2.75) is 31.0 Å². The van der Waals surface area contributed by atoms with Crippen LogP contribution in [0.15, 0.2) is 47.4 Å². The molecule has 0 unspecified atom stereocenters. The number of hydrogen-bond acceptors (Lipinski definition) is 7. The van der Waals surface area contributed by atoms with Gasteiger partial charge in [0.05, 0.1) is 32.3 Å². The first-order valence-electron chi connectivity index (χ1n) is 10.7. The van der Waals surface area contributed by atoms with E-state index in [0.29, 0.717) is 35.7 Å². The summed E-state index contributed by atoms with van der Waals surface area (Å²) in [5, 5.41) is 5.00. The summed E-state index contributed by atoms with van der Waals surface area (Å²) in [6.45, 7) is 2.26. The summed E-state index contributed by atoms with van der Waals surface area (Å²) in [5.74, 6) is -0.561. The molecular weight excluding hydrogens is 462 g/mol. The van der Waals surface area contributed by atoms with E-state index >= 15 is 0 Å². The Labute approximate surface area is 199 Å². The Balaban J connectivity index is 1.62. The van der Waals surface area contributed by atoms with Gasteiger partial charge >= 0.3 is 11.8 Å². The number of carbonyl (C=O) groups excluding carboxylic acids is 2. The topological polar surface area (TPSA) is 123 Å². The fourth-order valence-electron chi connectivity index (χ4n) is 3.61.